The number of nitrogens with zero attached hydrogens (tertiary/aromatic N) is 2. The van der Waals surface area contributed by atoms with Gasteiger partial charge in [-0.05, 0) is 37.3 Å². The molecule has 0 unspecified atom stereocenters. The molecule has 3 aromatic rings. The molecule has 2 heterocycles. The maximum Gasteiger partial charge on any atom is 0.325 e. The molecule has 7 nitrogen and oxygen atoms in total. The number of imidazole rings is 1. The molecule has 0 aliphatic carbocycles. The van der Waals surface area contributed by atoms with E-state index in [0.717, 1.165) is 5.56 Å². The second kappa shape index (κ2) is 8.18. The number of anilines is 1. The van der Waals surface area contributed by atoms with Crippen molar-refractivity contribution in [3.05, 3.63) is 41.6 Å². The number of rotatable bonds is 7. The summed E-state index contributed by atoms with van der Waals surface area (Å²) in [6, 6.07) is 9.08. The van der Waals surface area contributed by atoms with Gasteiger partial charge < -0.3 is 19.5 Å². The summed E-state index contributed by atoms with van der Waals surface area (Å²) in [7, 11) is 3.15. The van der Waals surface area contributed by atoms with Crippen LogP contribution in [0, 0.1) is 0 Å². The number of hydrogen-bond donors (Lipinski definition) is 1. The van der Waals surface area contributed by atoms with Crippen LogP contribution in [0.3, 0.4) is 0 Å². The van der Waals surface area contributed by atoms with E-state index in [1.165, 1.54) is 0 Å². The van der Waals surface area contributed by atoms with Crippen LogP contribution in [-0.4, -0.2) is 42.7 Å². The first kappa shape index (κ1) is 18.8. The fourth-order valence-corrected chi connectivity index (χ4v) is 2.90. The highest BCUT2D eigenvalue weighted by atomic mass is 35.5. The van der Waals surface area contributed by atoms with Crippen LogP contribution in [0.1, 0.15) is 6.92 Å². The zero-order valence-electron chi connectivity index (χ0n) is 15.3. The number of carbonyl (C=O) groups is 1. The standard InChI is InChI=1S/C19H20ClN3O4/c1-4-27-17(24)10-21-19-18(22-16-8-6-13(20)11-23(16)19)12-5-7-14(25-2)15(9-12)26-3/h5-9,11,21H,4,10H2,1-3H3. The van der Waals surface area contributed by atoms with Crippen molar-refractivity contribution in [3.8, 4) is 22.8 Å². The lowest BCUT2D eigenvalue weighted by Crippen LogP contribution is -2.17. The molecular formula is C19H20ClN3O4. The Hall–Kier alpha value is -2.93. The van der Waals surface area contributed by atoms with Crippen LogP contribution in [0.4, 0.5) is 5.82 Å². The molecule has 0 spiro atoms. The monoisotopic (exact) mass is 389 g/mol. The molecule has 3 rings (SSSR count). The third-order valence-corrected chi connectivity index (χ3v) is 4.17. The molecule has 0 amide bonds. The molecule has 1 N–H and O–H groups in total. The van der Waals surface area contributed by atoms with E-state index in [-0.39, 0.29) is 12.5 Å². The molecule has 0 saturated heterocycles. The van der Waals surface area contributed by atoms with Crippen molar-refractivity contribution in [3.63, 3.8) is 0 Å². The zero-order valence-corrected chi connectivity index (χ0v) is 16.0. The van der Waals surface area contributed by atoms with E-state index in [2.05, 4.69) is 10.3 Å². The minimum atomic E-state index is -0.354. The highest BCUT2D eigenvalue weighted by molar-refractivity contribution is 6.30. The van der Waals surface area contributed by atoms with Crippen LogP contribution < -0.4 is 14.8 Å². The molecule has 0 bridgehead atoms. The lowest BCUT2D eigenvalue weighted by atomic mass is 10.1. The van der Waals surface area contributed by atoms with Crippen molar-refractivity contribution in [1.29, 1.82) is 0 Å². The van der Waals surface area contributed by atoms with Crippen LogP contribution in [0.25, 0.3) is 16.9 Å². The quantitative estimate of drug-likeness (QED) is 0.622. The number of esters is 1. The van der Waals surface area contributed by atoms with E-state index in [0.29, 0.717) is 40.3 Å². The second-order valence-electron chi connectivity index (χ2n) is 5.61. The highest BCUT2D eigenvalue weighted by Crippen LogP contribution is 2.35. The summed E-state index contributed by atoms with van der Waals surface area (Å²) in [6.07, 6.45) is 1.74. The fourth-order valence-electron chi connectivity index (χ4n) is 2.74. The first-order chi connectivity index (χ1) is 13.1. The van der Waals surface area contributed by atoms with Gasteiger partial charge in [-0.1, -0.05) is 11.6 Å². The van der Waals surface area contributed by atoms with E-state index in [9.17, 15) is 4.79 Å². The molecule has 27 heavy (non-hydrogen) atoms. The number of nitrogens with one attached hydrogen (secondary N) is 1. The lowest BCUT2D eigenvalue weighted by molar-refractivity contribution is -0.140. The Morgan fingerprint density at radius 3 is 2.67 bits per heavy atom. The van der Waals surface area contributed by atoms with Gasteiger partial charge in [0.25, 0.3) is 0 Å². The molecule has 2 aromatic heterocycles. The van der Waals surface area contributed by atoms with Gasteiger partial charge in [0.05, 0.1) is 25.8 Å². The number of benzene rings is 1. The number of halogens is 1. The van der Waals surface area contributed by atoms with Crippen LogP contribution >= 0.6 is 11.6 Å². The van der Waals surface area contributed by atoms with Gasteiger partial charge >= 0.3 is 5.97 Å². The van der Waals surface area contributed by atoms with Crippen molar-refractivity contribution in [1.82, 2.24) is 9.38 Å². The summed E-state index contributed by atoms with van der Waals surface area (Å²) < 4.78 is 17.5. The predicted molar refractivity (Wildman–Crippen MR) is 104 cm³/mol. The highest BCUT2D eigenvalue weighted by Gasteiger charge is 2.17. The Kier molecular flexibility index (Phi) is 5.71. The SMILES string of the molecule is CCOC(=O)CNc1c(-c2ccc(OC)c(OC)c2)nc2ccc(Cl)cn12. The number of aromatic nitrogens is 2. The third kappa shape index (κ3) is 3.93. The maximum atomic E-state index is 11.8. The summed E-state index contributed by atoms with van der Waals surface area (Å²) in [5, 5.41) is 3.66. The summed E-state index contributed by atoms with van der Waals surface area (Å²) >= 11 is 6.14. The molecule has 8 heteroatoms. The first-order valence-corrected chi connectivity index (χ1v) is 8.74. The third-order valence-electron chi connectivity index (χ3n) is 3.94. The van der Waals surface area contributed by atoms with Crippen LogP contribution in [-0.2, 0) is 9.53 Å². The van der Waals surface area contributed by atoms with E-state index in [1.54, 1.807) is 43.9 Å². The van der Waals surface area contributed by atoms with E-state index in [1.807, 2.05) is 18.2 Å². The van der Waals surface area contributed by atoms with E-state index >= 15 is 0 Å². The van der Waals surface area contributed by atoms with Crippen molar-refractivity contribution in [2.24, 2.45) is 0 Å². The van der Waals surface area contributed by atoms with Gasteiger partial charge in [0.2, 0.25) is 0 Å². The minimum absolute atomic E-state index is 0.00837. The van der Waals surface area contributed by atoms with Gasteiger partial charge in [0, 0.05) is 11.8 Å². The van der Waals surface area contributed by atoms with Crippen LogP contribution in [0.5, 0.6) is 11.5 Å². The van der Waals surface area contributed by atoms with E-state index < -0.39 is 0 Å². The number of methoxy groups -OCH3 is 2. The lowest BCUT2D eigenvalue weighted by Gasteiger charge is -2.11. The number of pyridine rings is 1. The summed E-state index contributed by atoms with van der Waals surface area (Å²) in [5.41, 5.74) is 2.15. The van der Waals surface area contributed by atoms with Gasteiger partial charge in [-0.3, -0.25) is 9.20 Å². The molecule has 142 valence electrons. The molecule has 0 aliphatic heterocycles. The van der Waals surface area contributed by atoms with Crippen LogP contribution in [0.15, 0.2) is 36.5 Å². The Labute approximate surface area is 161 Å². The second-order valence-corrected chi connectivity index (χ2v) is 6.05. The number of hydrogen-bond acceptors (Lipinski definition) is 6. The maximum absolute atomic E-state index is 11.8. The minimum Gasteiger partial charge on any atom is -0.493 e. The van der Waals surface area contributed by atoms with Gasteiger partial charge in [0.1, 0.15) is 23.7 Å². The Morgan fingerprint density at radius 1 is 1.19 bits per heavy atom. The van der Waals surface area contributed by atoms with Gasteiger partial charge in [-0.15, -0.1) is 0 Å². The molecule has 0 aliphatic rings. The number of fused-ring (bicyclic) bond motifs is 1. The van der Waals surface area contributed by atoms with Crippen molar-refractivity contribution in [2.75, 3.05) is 32.7 Å². The summed E-state index contributed by atoms with van der Waals surface area (Å²) in [5.74, 6) is 1.48. The smallest absolute Gasteiger partial charge is 0.325 e. The van der Waals surface area contributed by atoms with E-state index in [4.69, 9.17) is 25.8 Å². The largest absolute Gasteiger partial charge is 0.493 e. The first-order valence-electron chi connectivity index (χ1n) is 8.36. The van der Waals surface area contributed by atoms with Gasteiger partial charge in [0.15, 0.2) is 11.5 Å². The average Bonchev–Trinajstić information content (AvgIpc) is 3.03. The normalized spacial score (nSPS) is 10.7. The average molecular weight is 390 g/mol. The zero-order chi connectivity index (χ0) is 19.4. The van der Waals surface area contributed by atoms with Crippen molar-refractivity contribution in [2.45, 2.75) is 6.92 Å². The molecule has 0 atom stereocenters. The number of ether oxygens (including phenoxy) is 3. The fraction of sp³-hybridized carbons (Fsp3) is 0.263. The predicted octanol–water partition coefficient (Wildman–Crippen LogP) is 3.65. The Morgan fingerprint density at radius 2 is 1.96 bits per heavy atom. The molecule has 0 saturated carbocycles. The van der Waals surface area contributed by atoms with Gasteiger partial charge in [-0.2, -0.15) is 0 Å². The van der Waals surface area contributed by atoms with Gasteiger partial charge in [-0.25, -0.2) is 4.98 Å². The Bertz CT molecular complexity index is 971. The molecule has 1 aromatic carbocycles. The van der Waals surface area contributed by atoms with Crippen molar-refractivity contribution < 1.29 is 19.0 Å². The topological polar surface area (TPSA) is 74.1 Å². The summed E-state index contributed by atoms with van der Waals surface area (Å²) in [6.45, 7) is 2.09. The molecule has 0 fully saturated rings. The molecule has 0 radical (unpaired) electrons. The Balaban J connectivity index is 2.08. The summed E-state index contributed by atoms with van der Waals surface area (Å²) in [4.78, 5) is 16.5. The number of carbonyl (C=O) groups excluding carboxylic acids is 1. The van der Waals surface area contributed by atoms with Crippen molar-refractivity contribution >= 4 is 29.0 Å². The molecular weight excluding hydrogens is 370 g/mol. The van der Waals surface area contributed by atoms with Crippen LogP contribution in [0.2, 0.25) is 5.02 Å².